The van der Waals surface area contributed by atoms with E-state index in [0.717, 1.165) is 5.56 Å². The molecule has 2 aliphatic heterocycles. The fraction of sp³-hybridized carbons (Fsp3) is 0.458. The third-order valence-electron chi connectivity index (χ3n) is 6.43. The Morgan fingerprint density at radius 1 is 0.909 bits per heavy atom. The lowest BCUT2D eigenvalue weighted by atomic mass is 10.1. The Balaban J connectivity index is 1.33. The largest absolute Gasteiger partial charge is 0.366 e. The Kier molecular flexibility index (Phi) is 7.31. The minimum atomic E-state index is -3.14. The Bertz CT molecular complexity index is 1080. The zero-order valence-corrected chi connectivity index (χ0v) is 19.8. The number of amides is 1. The van der Waals surface area contributed by atoms with Crippen LogP contribution in [0.15, 0.2) is 48.5 Å². The van der Waals surface area contributed by atoms with Crippen molar-refractivity contribution in [3.05, 3.63) is 65.5 Å². The monoisotopic (exact) mass is 474 g/mol. The maximum absolute atomic E-state index is 14.1. The van der Waals surface area contributed by atoms with E-state index in [-0.39, 0.29) is 17.5 Å². The Morgan fingerprint density at radius 2 is 1.61 bits per heavy atom. The second-order valence-corrected chi connectivity index (χ2v) is 10.8. The maximum atomic E-state index is 14.1. The van der Waals surface area contributed by atoms with Crippen LogP contribution >= 0.6 is 0 Å². The number of sulfonamides is 1. The number of hydrogen-bond acceptors (Lipinski definition) is 5. The van der Waals surface area contributed by atoms with Gasteiger partial charge < -0.3 is 9.80 Å². The van der Waals surface area contributed by atoms with Gasteiger partial charge in [-0.2, -0.15) is 4.31 Å². The summed E-state index contributed by atoms with van der Waals surface area (Å²) in [6.07, 6.45) is 0. The molecule has 0 saturated carbocycles. The van der Waals surface area contributed by atoms with Crippen LogP contribution in [0, 0.1) is 5.82 Å². The molecule has 2 aliphatic rings. The van der Waals surface area contributed by atoms with Gasteiger partial charge >= 0.3 is 0 Å². The number of rotatable bonds is 6. The van der Waals surface area contributed by atoms with Crippen LogP contribution in [0.2, 0.25) is 0 Å². The number of carbonyl (C=O) groups is 1. The SMILES string of the molecule is CCS(=O)(=O)N1CCN(Cc2cccc(C(=O)N3CCN(c4ccccc4F)CC3)c2)CC1. The molecule has 2 aromatic carbocycles. The molecule has 178 valence electrons. The molecule has 2 aromatic rings. The van der Waals surface area contributed by atoms with E-state index in [0.29, 0.717) is 70.2 Å². The molecule has 2 saturated heterocycles. The van der Waals surface area contributed by atoms with Gasteiger partial charge in [-0.25, -0.2) is 12.8 Å². The molecular formula is C24H31FN4O3S. The fourth-order valence-electron chi connectivity index (χ4n) is 4.45. The lowest BCUT2D eigenvalue weighted by molar-refractivity contribution is 0.0746. The molecule has 0 radical (unpaired) electrons. The molecule has 33 heavy (non-hydrogen) atoms. The van der Waals surface area contributed by atoms with Crippen molar-refractivity contribution in [3.63, 3.8) is 0 Å². The molecule has 9 heteroatoms. The number of carbonyl (C=O) groups excluding carboxylic acids is 1. The summed E-state index contributed by atoms with van der Waals surface area (Å²) in [5, 5.41) is 0. The Labute approximate surface area is 195 Å². The number of anilines is 1. The van der Waals surface area contributed by atoms with Crippen LogP contribution in [0.4, 0.5) is 10.1 Å². The molecule has 0 bridgehead atoms. The number of halogens is 1. The van der Waals surface area contributed by atoms with E-state index in [1.807, 2.05) is 40.1 Å². The van der Waals surface area contributed by atoms with Crippen molar-refractivity contribution in [2.75, 3.05) is 63.0 Å². The number of para-hydroxylation sites is 1. The minimum absolute atomic E-state index is 0.0103. The lowest BCUT2D eigenvalue weighted by Crippen LogP contribution is -2.49. The van der Waals surface area contributed by atoms with Gasteiger partial charge in [-0.05, 0) is 36.8 Å². The van der Waals surface area contributed by atoms with Crippen molar-refractivity contribution < 1.29 is 17.6 Å². The highest BCUT2D eigenvalue weighted by molar-refractivity contribution is 7.89. The second-order valence-electron chi connectivity index (χ2n) is 8.51. The average Bonchev–Trinajstić information content (AvgIpc) is 2.84. The molecule has 0 unspecified atom stereocenters. The van der Waals surface area contributed by atoms with E-state index >= 15 is 0 Å². The van der Waals surface area contributed by atoms with Crippen LogP contribution in [0.3, 0.4) is 0 Å². The van der Waals surface area contributed by atoms with Crippen molar-refractivity contribution in [1.29, 1.82) is 0 Å². The molecule has 1 amide bonds. The van der Waals surface area contributed by atoms with E-state index in [4.69, 9.17) is 0 Å². The van der Waals surface area contributed by atoms with Gasteiger partial charge in [-0.1, -0.05) is 24.3 Å². The highest BCUT2D eigenvalue weighted by Crippen LogP contribution is 2.21. The molecule has 0 spiro atoms. The fourth-order valence-corrected chi connectivity index (χ4v) is 5.54. The van der Waals surface area contributed by atoms with Gasteiger partial charge in [-0.3, -0.25) is 9.69 Å². The quantitative estimate of drug-likeness (QED) is 0.643. The van der Waals surface area contributed by atoms with Crippen molar-refractivity contribution >= 4 is 21.6 Å². The highest BCUT2D eigenvalue weighted by atomic mass is 32.2. The minimum Gasteiger partial charge on any atom is -0.366 e. The highest BCUT2D eigenvalue weighted by Gasteiger charge is 2.26. The standard InChI is InChI=1S/C24H31FN4O3S/c1-2-33(31,32)29-16-10-26(11-17-29)19-20-6-5-7-21(18-20)24(30)28-14-12-27(13-15-28)23-9-4-3-8-22(23)25/h3-9,18H,2,10-17,19H2,1H3. The van der Waals surface area contributed by atoms with E-state index in [1.165, 1.54) is 6.07 Å². The first-order valence-corrected chi connectivity index (χ1v) is 13.1. The van der Waals surface area contributed by atoms with Gasteiger partial charge in [0.15, 0.2) is 0 Å². The van der Waals surface area contributed by atoms with Crippen LogP contribution in [-0.2, 0) is 16.6 Å². The summed E-state index contributed by atoms with van der Waals surface area (Å²) in [6, 6.07) is 14.4. The van der Waals surface area contributed by atoms with Gasteiger partial charge in [0.05, 0.1) is 11.4 Å². The van der Waals surface area contributed by atoms with Gasteiger partial charge in [0, 0.05) is 64.5 Å². The summed E-state index contributed by atoms with van der Waals surface area (Å²) in [5.41, 5.74) is 2.27. The Hall–Kier alpha value is -2.49. The first-order chi connectivity index (χ1) is 15.9. The molecule has 0 aromatic heterocycles. The van der Waals surface area contributed by atoms with E-state index in [2.05, 4.69) is 4.90 Å². The van der Waals surface area contributed by atoms with Crippen molar-refractivity contribution in [1.82, 2.24) is 14.1 Å². The first kappa shape index (κ1) is 23.7. The second kappa shape index (κ2) is 10.2. The zero-order chi connectivity index (χ0) is 23.4. The molecule has 0 aliphatic carbocycles. The summed E-state index contributed by atoms with van der Waals surface area (Å²) in [6.45, 7) is 6.99. The average molecular weight is 475 g/mol. The third kappa shape index (κ3) is 5.54. The normalized spacial score (nSPS) is 18.5. The van der Waals surface area contributed by atoms with Crippen molar-refractivity contribution in [2.45, 2.75) is 13.5 Å². The predicted molar refractivity (Wildman–Crippen MR) is 127 cm³/mol. The molecule has 7 nitrogen and oxygen atoms in total. The van der Waals surface area contributed by atoms with Gasteiger partial charge in [0.2, 0.25) is 10.0 Å². The van der Waals surface area contributed by atoms with Gasteiger partial charge in [-0.15, -0.1) is 0 Å². The van der Waals surface area contributed by atoms with Crippen LogP contribution in [0.25, 0.3) is 0 Å². The van der Waals surface area contributed by atoms with Gasteiger partial charge in [0.25, 0.3) is 5.91 Å². The maximum Gasteiger partial charge on any atom is 0.253 e. The summed E-state index contributed by atoms with van der Waals surface area (Å²) in [4.78, 5) is 19.1. The summed E-state index contributed by atoms with van der Waals surface area (Å²) in [5.74, 6) is -0.117. The van der Waals surface area contributed by atoms with Crippen molar-refractivity contribution in [2.24, 2.45) is 0 Å². The van der Waals surface area contributed by atoms with Crippen LogP contribution in [-0.4, -0.2) is 86.5 Å². The van der Waals surface area contributed by atoms with Crippen LogP contribution in [0.1, 0.15) is 22.8 Å². The first-order valence-electron chi connectivity index (χ1n) is 11.5. The smallest absolute Gasteiger partial charge is 0.253 e. The number of hydrogen-bond donors (Lipinski definition) is 0. The zero-order valence-electron chi connectivity index (χ0n) is 19.0. The van der Waals surface area contributed by atoms with Crippen LogP contribution in [0.5, 0.6) is 0 Å². The molecule has 0 N–H and O–H groups in total. The van der Waals surface area contributed by atoms with E-state index in [1.54, 1.807) is 23.4 Å². The number of piperazine rings is 2. The van der Waals surface area contributed by atoms with Crippen molar-refractivity contribution in [3.8, 4) is 0 Å². The summed E-state index contributed by atoms with van der Waals surface area (Å²) >= 11 is 0. The number of benzene rings is 2. The summed E-state index contributed by atoms with van der Waals surface area (Å²) < 4.78 is 39.7. The number of nitrogens with zero attached hydrogens (tertiary/aromatic N) is 4. The molecule has 0 atom stereocenters. The molecular weight excluding hydrogens is 443 g/mol. The van der Waals surface area contributed by atoms with Crippen LogP contribution < -0.4 is 4.90 Å². The lowest BCUT2D eigenvalue weighted by Gasteiger charge is -2.36. The third-order valence-corrected chi connectivity index (χ3v) is 8.31. The van der Waals surface area contributed by atoms with Gasteiger partial charge in [0.1, 0.15) is 5.82 Å². The molecule has 2 fully saturated rings. The Morgan fingerprint density at radius 3 is 2.27 bits per heavy atom. The molecule has 2 heterocycles. The predicted octanol–water partition coefficient (Wildman–Crippen LogP) is 2.26. The van der Waals surface area contributed by atoms with E-state index in [9.17, 15) is 17.6 Å². The topological polar surface area (TPSA) is 64.2 Å². The van der Waals surface area contributed by atoms with E-state index < -0.39 is 10.0 Å². The summed E-state index contributed by atoms with van der Waals surface area (Å²) in [7, 11) is -3.14. The molecule has 4 rings (SSSR count).